The minimum atomic E-state index is -4.13. The van der Waals surface area contributed by atoms with Crippen LogP contribution in [0.15, 0.2) is 18.3 Å². The minimum Gasteiger partial charge on any atom is -0.373 e. The molecule has 0 saturated heterocycles. The molecule has 1 aromatic rings. The number of rotatable bonds is 4. The first kappa shape index (κ1) is 13.8. The van der Waals surface area contributed by atoms with Crippen molar-refractivity contribution in [3.8, 4) is 0 Å². The number of hydrogen-bond donors (Lipinski definition) is 1. The first-order valence-corrected chi connectivity index (χ1v) is 5.29. The van der Waals surface area contributed by atoms with E-state index >= 15 is 0 Å². The molecule has 0 spiro atoms. The van der Waals surface area contributed by atoms with Crippen LogP contribution in [0, 0.1) is 0 Å². The molecule has 1 aromatic heterocycles. The summed E-state index contributed by atoms with van der Waals surface area (Å²) >= 11 is 0. The highest BCUT2D eigenvalue weighted by Gasteiger charge is 2.27. The number of nitrogens with zero attached hydrogens (tertiary/aromatic N) is 2. The summed E-state index contributed by atoms with van der Waals surface area (Å²) in [7, 11) is 1.61. The van der Waals surface area contributed by atoms with E-state index in [1.807, 2.05) is 0 Å². The summed E-state index contributed by atoms with van der Waals surface area (Å²) in [5.74, 6) is 0. The minimum absolute atomic E-state index is 0.0806. The van der Waals surface area contributed by atoms with Crippen LogP contribution in [0.5, 0.6) is 0 Å². The molecule has 0 aliphatic carbocycles. The van der Waals surface area contributed by atoms with Crippen LogP contribution >= 0.6 is 0 Å². The van der Waals surface area contributed by atoms with Gasteiger partial charge >= 0.3 is 6.18 Å². The van der Waals surface area contributed by atoms with Crippen molar-refractivity contribution < 1.29 is 13.2 Å². The van der Waals surface area contributed by atoms with Crippen LogP contribution in [0.1, 0.15) is 25.1 Å². The first-order valence-electron chi connectivity index (χ1n) is 5.29. The van der Waals surface area contributed by atoms with Crippen molar-refractivity contribution in [2.24, 2.45) is 5.73 Å². The highest BCUT2D eigenvalue weighted by Crippen LogP contribution is 2.21. The van der Waals surface area contributed by atoms with Crippen molar-refractivity contribution in [3.05, 3.63) is 24.0 Å². The van der Waals surface area contributed by atoms with Crippen molar-refractivity contribution in [2.45, 2.75) is 25.6 Å². The molecule has 1 heterocycles. The summed E-state index contributed by atoms with van der Waals surface area (Å²) in [4.78, 5) is 5.62. The van der Waals surface area contributed by atoms with Gasteiger partial charge in [-0.2, -0.15) is 13.2 Å². The van der Waals surface area contributed by atoms with Gasteiger partial charge in [0, 0.05) is 19.6 Å². The van der Waals surface area contributed by atoms with E-state index in [9.17, 15) is 13.2 Å². The van der Waals surface area contributed by atoms with Gasteiger partial charge in [-0.05, 0) is 19.1 Å². The summed E-state index contributed by atoms with van der Waals surface area (Å²) in [6.07, 6.45) is -3.43. The molecule has 0 aliphatic heterocycles. The van der Waals surface area contributed by atoms with E-state index in [4.69, 9.17) is 5.73 Å². The molecule has 2 N–H and O–H groups in total. The lowest BCUT2D eigenvalue weighted by Gasteiger charge is -2.20. The van der Waals surface area contributed by atoms with Crippen molar-refractivity contribution in [1.29, 1.82) is 0 Å². The second-order valence-electron chi connectivity index (χ2n) is 4.02. The van der Waals surface area contributed by atoms with Gasteiger partial charge in [0.15, 0.2) is 0 Å². The molecule has 6 heteroatoms. The van der Waals surface area contributed by atoms with Gasteiger partial charge in [0.05, 0.1) is 24.0 Å². The number of aromatic nitrogens is 1. The van der Waals surface area contributed by atoms with Crippen molar-refractivity contribution in [2.75, 3.05) is 18.5 Å². The molecular weight excluding hydrogens is 231 g/mol. The third kappa shape index (κ3) is 4.60. The normalized spacial score (nSPS) is 13.5. The van der Waals surface area contributed by atoms with Gasteiger partial charge in [0.2, 0.25) is 0 Å². The van der Waals surface area contributed by atoms with E-state index in [-0.39, 0.29) is 12.6 Å². The van der Waals surface area contributed by atoms with Gasteiger partial charge in [0.1, 0.15) is 0 Å². The summed E-state index contributed by atoms with van der Waals surface area (Å²) in [6.45, 7) is 1.72. The summed E-state index contributed by atoms with van der Waals surface area (Å²) in [5.41, 5.74) is 7.00. The Hall–Kier alpha value is -1.30. The molecule has 0 saturated carbocycles. The third-order valence-corrected chi connectivity index (χ3v) is 2.41. The molecular formula is C11H16F3N3. The van der Waals surface area contributed by atoms with Crippen LogP contribution in [0.4, 0.5) is 18.9 Å². The Bertz CT molecular complexity index is 346. The molecule has 0 amide bonds. The average Bonchev–Trinajstić information content (AvgIpc) is 2.25. The molecule has 0 bridgehead atoms. The third-order valence-electron chi connectivity index (χ3n) is 2.41. The van der Waals surface area contributed by atoms with E-state index in [1.165, 1.54) is 11.1 Å². The van der Waals surface area contributed by atoms with Crippen LogP contribution in [-0.4, -0.2) is 24.8 Å². The van der Waals surface area contributed by atoms with Crippen LogP contribution in [0.3, 0.4) is 0 Å². The maximum atomic E-state index is 12.0. The fraction of sp³-hybridized carbons (Fsp3) is 0.545. The zero-order valence-corrected chi connectivity index (χ0v) is 9.83. The van der Waals surface area contributed by atoms with Gasteiger partial charge in [-0.15, -0.1) is 0 Å². The van der Waals surface area contributed by atoms with Crippen molar-refractivity contribution >= 4 is 5.69 Å². The standard InChI is InChI=1S/C11H16F3N3/c1-8(15)10-4-3-9(7-16-10)17(2)6-5-11(12,13)14/h3-4,7-8H,5-6,15H2,1-2H3. The van der Waals surface area contributed by atoms with Crippen LogP contribution in [0.2, 0.25) is 0 Å². The van der Waals surface area contributed by atoms with E-state index in [0.29, 0.717) is 5.69 Å². The molecule has 0 aliphatic rings. The molecule has 1 atom stereocenters. The van der Waals surface area contributed by atoms with E-state index in [1.54, 1.807) is 26.1 Å². The number of pyridine rings is 1. The van der Waals surface area contributed by atoms with E-state index in [2.05, 4.69) is 4.98 Å². The van der Waals surface area contributed by atoms with Gasteiger partial charge in [-0.25, -0.2) is 0 Å². The van der Waals surface area contributed by atoms with E-state index in [0.717, 1.165) is 5.69 Å². The van der Waals surface area contributed by atoms with Gasteiger partial charge in [-0.1, -0.05) is 0 Å². The number of anilines is 1. The highest BCUT2D eigenvalue weighted by atomic mass is 19.4. The fourth-order valence-electron chi connectivity index (χ4n) is 1.32. The lowest BCUT2D eigenvalue weighted by Crippen LogP contribution is -2.24. The second-order valence-corrected chi connectivity index (χ2v) is 4.02. The average molecular weight is 247 g/mol. The Labute approximate surface area is 98.4 Å². The Morgan fingerprint density at radius 3 is 2.47 bits per heavy atom. The predicted molar refractivity (Wildman–Crippen MR) is 60.8 cm³/mol. The predicted octanol–water partition coefficient (Wildman–Crippen LogP) is 2.49. The molecule has 0 fully saturated rings. The first-order chi connectivity index (χ1) is 7.79. The Morgan fingerprint density at radius 1 is 1.41 bits per heavy atom. The molecule has 17 heavy (non-hydrogen) atoms. The molecule has 3 nitrogen and oxygen atoms in total. The zero-order chi connectivity index (χ0) is 13.1. The molecule has 96 valence electrons. The monoisotopic (exact) mass is 247 g/mol. The van der Waals surface area contributed by atoms with Crippen LogP contribution in [-0.2, 0) is 0 Å². The van der Waals surface area contributed by atoms with Crippen molar-refractivity contribution in [3.63, 3.8) is 0 Å². The molecule has 1 rings (SSSR count). The maximum Gasteiger partial charge on any atom is 0.390 e. The van der Waals surface area contributed by atoms with Crippen LogP contribution < -0.4 is 10.6 Å². The lowest BCUT2D eigenvalue weighted by molar-refractivity contribution is -0.132. The fourth-order valence-corrected chi connectivity index (χ4v) is 1.32. The molecule has 0 radical (unpaired) electrons. The number of nitrogens with two attached hydrogens (primary N) is 1. The highest BCUT2D eigenvalue weighted by molar-refractivity contribution is 5.43. The van der Waals surface area contributed by atoms with E-state index < -0.39 is 12.6 Å². The smallest absolute Gasteiger partial charge is 0.373 e. The molecule has 1 unspecified atom stereocenters. The Kier molecular flexibility index (Phi) is 4.34. The lowest BCUT2D eigenvalue weighted by atomic mass is 10.2. The summed E-state index contributed by atoms with van der Waals surface area (Å²) in [5, 5.41) is 0. The SMILES string of the molecule is CC(N)c1ccc(N(C)CCC(F)(F)F)cn1. The zero-order valence-electron chi connectivity index (χ0n) is 9.83. The topological polar surface area (TPSA) is 42.1 Å². The van der Waals surface area contributed by atoms with Crippen molar-refractivity contribution in [1.82, 2.24) is 4.98 Å². The quantitative estimate of drug-likeness (QED) is 0.888. The number of hydrogen-bond acceptors (Lipinski definition) is 3. The van der Waals surface area contributed by atoms with Gasteiger partial charge in [-0.3, -0.25) is 4.98 Å². The molecule has 0 aromatic carbocycles. The van der Waals surface area contributed by atoms with Gasteiger partial charge in [0.25, 0.3) is 0 Å². The Balaban J connectivity index is 2.60. The summed E-state index contributed by atoms with van der Waals surface area (Å²) < 4.78 is 36.1. The maximum absolute atomic E-state index is 12.0. The Morgan fingerprint density at radius 2 is 2.06 bits per heavy atom. The van der Waals surface area contributed by atoms with Crippen LogP contribution in [0.25, 0.3) is 0 Å². The summed E-state index contributed by atoms with van der Waals surface area (Å²) in [6, 6.07) is 3.27. The van der Waals surface area contributed by atoms with Gasteiger partial charge < -0.3 is 10.6 Å². The largest absolute Gasteiger partial charge is 0.390 e. The number of alkyl halides is 3. The number of halogens is 3. The second kappa shape index (κ2) is 5.35.